The van der Waals surface area contributed by atoms with Crippen molar-refractivity contribution in [1.82, 2.24) is 14.7 Å². The molecule has 6 amide bonds. The van der Waals surface area contributed by atoms with Crippen molar-refractivity contribution in [2.75, 3.05) is 33.0 Å². The minimum atomic E-state index is -2.32. The van der Waals surface area contributed by atoms with Gasteiger partial charge in [-0.15, -0.1) is 6.58 Å². The number of carbonyl (C=O) groups excluding carboxylic acids is 15. The van der Waals surface area contributed by atoms with E-state index in [1.165, 1.54) is 78.9 Å². The van der Waals surface area contributed by atoms with Crippen LogP contribution in [0.1, 0.15) is 130 Å². The van der Waals surface area contributed by atoms with Gasteiger partial charge in [0.1, 0.15) is 80.7 Å². The average molecular weight is 1560 g/mol. The molecule has 0 aliphatic carbocycles. The number of imide groups is 3. The molecule has 596 valence electrons. The Morgan fingerprint density at radius 1 is 0.321 bits per heavy atom. The molecule has 7 aliphatic rings. The zero-order valence-electron chi connectivity index (χ0n) is 61.7. The highest BCUT2D eigenvalue weighted by atomic mass is 16.8. The highest BCUT2D eigenvalue weighted by molar-refractivity contribution is 6.23. The first kappa shape index (κ1) is 81.9. The SMILES string of the molecule is C=CCOC1OC(COC2OC(COC(C)=O)C(OC(C)=O)C(OC(C)=O)C2N2C(=O)c3ccccc3C2=O)C(OC2OC(COC(C)=O)C(OC(C)=O)C(OC(C)=O)C2N2C(=O)c3ccccc3C2=O)C(OCc2ccccc2)C1OC1OC(COC(C)=O)C(OC(C)=O)C(OC(C)=O)C1N1C(=O)c2ccccc2C1=O. The summed E-state index contributed by atoms with van der Waals surface area (Å²) in [7, 11) is 0. The van der Waals surface area contributed by atoms with Crippen molar-refractivity contribution in [3.05, 3.63) is 155 Å². The second kappa shape index (κ2) is 35.5. The molecule has 20 unspecified atom stereocenters. The van der Waals surface area contributed by atoms with Crippen LogP contribution in [0.15, 0.2) is 116 Å². The zero-order chi connectivity index (χ0) is 80.7. The van der Waals surface area contributed by atoms with Gasteiger partial charge in [-0.3, -0.25) is 86.6 Å². The van der Waals surface area contributed by atoms with Gasteiger partial charge >= 0.3 is 53.7 Å². The van der Waals surface area contributed by atoms with Gasteiger partial charge in [-0.05, 0) is 42.0 Å². The Morgan fingerprint density at radius 2 is 0.607 bits per heavy atom. The van der Waals surface area contributed by atoms with Gasteiger partial charge in [0.15, 0.2) is 61.8 Å². The Hall–Kier alpha value is -11.1. The van der Waals surface area contributed by atoms with E-state index < -0.39 is 251 Å². The summed E-state index contributed by atoms with van der Waals surface area (Å²) in [4.78, 5) is 212. The number of rotatable bonds is 28. The van der Waals surface area contributed by atoms with Gasteiger partial charge in [0.25, 0.3) is 35.4 Å². The molecule has 4 saturated heterocycles. The first-order chi connectivity index (χ1) is 53.5. The van der Waals surface area contributed by atoms with E-state index in [0.29, 0.717) is 20.3 Å². The molecule has 0 aromatic heterocycles. The van der Waals surface area contributed by atoms with Crippen LogP contribution in [0.25, 0.3) is 0 Å². The predicted octanol–water partition coefficient (Wildman–Crippen LogP) is 2.73. The molecular weight excluding hydrogens is 1480 g/mol. The minimum Gasteiger partial charge on any atom is -0.463 e. The number of nitrogens with zero attached hydrogens (tertiary/aromatic N) is 3. The lowest BCUT2D eigenvalue weighted by Crippen LogP contribution is -2.71. The van der Waals surface area contributed by atoms with Crippen LogP contribution in [0.4, 0.5) is 0 Å². The fourth-order valence-electron chi connectivity index (χ4n) is 14.3. The summed E-state index contributed by atoms with van der Waals surface area (Å²) in [6, 6.07) is 18.6. The maximum Gasteiger partial charge on any atom is 0.303 e. The van der Waals surface area contributed by atoms with E-state index in [9.17, 15) is 52.7 Å². The third-order valence-electron chi connectivity index (χ3n) is 18.6. The van der Waals surface area contributed by atoms with Gasteiger partial charge in [0.2, 0.25) is 0 Å². The average Bonchev–Trinajstić information content (AvgIpc) is 1.47. The first-order valence-electron chi connectivity index (χ1n) is 35.2. The zero-order valence-corrected chi connectivity index (χ0v) is 61.7. The Morgan fingerprint density at radius 3 is 0.929 bits per heavy atom. The van der Waals surface area contributed by atoms with Crippen molar-refractivity contribution >= 4 is 89.2 Å². The van der Waals surface area contributed by atoms with Crippen LogP contribution < -0.4 is 0 Å². The van der Waals surface area contributed by atoms with Gasteiger partial charge in [-0.1, -0.05) is 72.8 Å². The van der Waals surface area contributed by atoms with Crippen molar-refractivity contribution in [3.63, 3.8) is 0 Å². The number of esters is 9. The Bertz CT molecular complexity index is 4230. The number of amides is 6. The lowest BCUT2D eigenvalue weighted by Gasteiger charge is -2.52. The van der Waals surface area contributed by atoms with E-state index in [1.54, 1.807) is 30.3 Å². The topological polar surface area (TPSA) is 432 Å². The minimum absolute atomic E-state index is 0.157. The molecular formula is C76H79N3O33. The maximum atomic E-state index is 15.2. The monoisotopic (exact) mass is 1560 g/mol. The molecule has 36 heteroatoms. The van der Waals surface area contributed by atoms with Crippen molar-refractivity contribution < 1.29 is 157 Å². The van der Waals surface area contributed by atoms with Crippen molar-refractivity contribution in [3.8, 4) is 0 Å². The summed E-state index contributed by atoms with van der Waals surface area (Å²) in [6.07, 6.45) is -32.7. The van der Waals surface area contributed by atoms with E-state index in [-0.39, 0.29) is 33.4 Å². The fourth-order valence-corrected chi connectivity index (χ4v) is 14.3. The summed E-state index contributed by atoms with van der Waals surface area (Å²) >= 11 is 0. The van der Waals surface area contributed by atoms with Crippen LogP contribution >= 0.6 is 0 Å². The molecule has 0 N–H and O–H groups in total. The highest BCUT2D eigenvalue weighted by Gasteiger charge is 2.64. The highest BCUT2D eigenvalue weighted by Crippen LogP contribution is 2.44. The number of hydrogen-bond donors (Lipinski definition) is 0. The molecule has 36 nitrogen and oxygen atoms in total. The molecule has 4 fully saturated rings. The molecule has 4 aromatic rings. The number of benzene rings is 4. The molecule has 0 radical (unpaired) electrons. The van der Waals surface area contributed by atoms with Crippen LogP contribution in [0.2, 0.25) is 0 Å². The molecule has 112 heavy (non-hydrogen) atoms. The van der Waals surface area contributed by atoms with Crippen LogP contribution in [-0.4, -0.2) is 260 Å². The van der Waals surface area contributed by atoms with Gasteiger partial charge < -0.3 is 85.3 Å². The Balaban J connectivity index is 1.15. The summed E-state index contributed by atoms with van der Waals surface area (Å²) in [5.74, 6) is -15.3. The summed E-state index contributed by atoms with van der Waals surface area (Å²) in [5.41, 5.74) is -0.669. The quantitative estimate of drug-likeness (QED) is 0.0341. The second-order valence-electron chi connectivity index (χ2n) is 26.5. The molecule has 7 aliphatic heterocycles. The lowest BCUT2D eigenvalue weighted by molar-refractivity contribution is -0.386. The van der Waals surface area contributed by atoms with Gasteiger partial charge in [0.05, 0.1) is 53.2 Å². The van der Waals surface area contributed by atoms with Crippen LogP contribution in [0.3, 0.4) is 0 Å². The lowest BCUT2D eigenvalue weighted by atomic mass is 9.93. The van der Waals surface area contributed by atoms with E-state index in [4.69, 9.17) is 85.3 Å². The normalized spacial score (nSPS) is 29.2. The van der Waals surface area contributed by atoms with Crippen molar-refractivity contribution in [2.24, 2.45) is 0 Å². The van der Waals surface area contributed by atoms with Crippen molar-refractivity contribution in [2.45, 2.75) is 192 Å². The maximum absolute atomic E-state index is 15.2. The fraction of sp³-hybridized carbons (Fsp3) is 0.461. The molecule has 0 bridgehead atoms. The number of carbonyl (C=O) groups is 15. The van der Waals surface area contributed by atoms with Crippen LogP contribution in [-0.2, 0) is 135 Å². The van der Waals surface area contributed by atoms with Crippen molar-refractivity contribution in [1.29, 1.82) is 0 Å². The number of ether oxygens (including phenoxy) is 18. The van der Waals surface area contributed by atoms with Gasteiger partial charge in [0, 0.05) is 62.3 Å². The second-order valence-corrected chi connectivity index (χ2v) is 26.5. The molecule has 0 saturated carbocycles. The standard InChI is InChI=1S/C76H79N3O33/c1-11-29-95-76-66(112-75-57(79-71(93)49-27-19-20-28-50(49)72(79)94)64(106-43(10)88)60(103-40(7)85)53(109-75)33-98-37(4)82)65(99-30-44-21-13-12-14-22-44)61(111-74-56(78-69(91)47-25-17-18-26-48(47)70(78)92)63(105-42(9)87)59(102-39(6)84)52(108-74)32-97-36(3)81)54(110-76)34-100-73-55(77-67(89)45-23-15-16-24-46(45)68(77)90)62(104-41(8)86)58(101-38(5)83)51(107-73)31-96-35(2)80/h11-28,51-66,73-76H,1,29-34H2,2-10H3. The molecule has 7 heterocycles. The third kappa shape index (κ3) is 17.8. The predicted molar refractivity (Wildman–Crippen MR) is 367 cm³/mol. The molecule has 0 spiro atoms. The largest absolute Gasteiger partial charge is 0.463 e. The Labute approximate surface area is 638 Å². The summed E-state index contributed by atoms with van der Waals surface area (Å²) < 4.78 is 114. The van der Waals surface area contributed by atoms with E-state index in [0.717, 1.165) is 62.3 Å². The van der Waals surface area contributed by atoms with Crippen LogP contribution in [0, 0.1) is 0 Å². The molecule has 11 rings (SSSR count). The first-order valence-corrected chi connectivity index (χ1v) is 35.2. The van der Waals surface area contributed by atoms with E-state index >= 15 is 19.2 Å². The van der Waals surface area contributed by atoms with Gasteiger partial charge in [-0.25, -0.2) is 0 Å². The number of fused-ring (bicyclic) bond motifs is 3. The molecule has 20 atom stereocenters. The number of hydrogen-bond acceptors (Lipinski definition) is 33. The summed E-state index contributed by atoms with van der Waals surface area (Å²) in [5, 5.41) is 0. The Kier molecular flexibility index (Phi) is 26.0. The molecule has 4 aromatic carbocycles. The van der Waals surface area contributed by atoms with Gasteiger partial charge in [-0.2, -0.15) is 0 Å². The van der Waals surface area contributed by atoms with E-state index in [1.807, 2.05) is 0 Å². The third-order valence-corrected chi connectivity index (χ3v) is 18.6. The van der Waals surface area contributed by atoms with Crippen LogP contribution in [0.5, 0.6) is 0 Å². The summed E-state index contributed by atoms with van der Waals surface area (Å²) in [6.45, 7) is 8.14. The van der Waals surface area contributed by atoms with E-state index in [2.05, 4.69) is 6.58 Å². The smallest absolute Gasteiger partial charge is 0.303 e.